The third-order valence-electron chi connectivity index (χ3n) is 1.52. The standard InChI is InChI=1S/C7H8O3S/c8-1-5-2-9-6-3-11-4-7(6)10-5/h3-5,8H,1-2H2/t5-/m1/s1. The van der Waals surface area contributed by atoms with Crippen LogP contribution in [0.1, 0.15) is 0 Å². The molecule has 1 N–H and O–H groups in total. The first kappa shape index (κ1) is 6.94. The Balaban J connectivity index is 2.18. The molecule has 4 heteroatoms. The molecule has 0 fully saturated rings. The molecule has 60 valence electrons. The first-order chi connectivity index (χ1) is 5.40. The van der Waals surface area contributed by atoms with Crippen molar-refractivity contribution in [2.45, 2.75) is 6.10 Å². The fraction of sp³-hybridized carbons (Fsp3) is 0.429. The fourth-order valence-corrected chi connectivity index (χ4v) is 1.62. The minimum Gasteiger partial charge on any atom is -0.485 e. The normalized spacial score (nSPS) is 21.7. The third-order valence-corrected chi connectivity index (χ3v) is 2.22. The van der Waals surface area contributed by atoms with E-state index in [1.54, 1.807) is 0 Å². The number of aliphatic hydroxyl groups is 1. The van der Waals surface area contributed by atoms with E-state index in [0.29, 0.717) is 6.61 Å². The number of ether oxygens (including phenoxy) is 2. The SMILES string of the molecule is OC[C@@H]1COc2cscc2O1. The Labute approximate surface area is 68.2 Å². The molecule has 2 heterocycles. The molecule has 0 spiro atoms. The summed E-state index contributed by atoms with van der Waals surface area (Å²) in [5.41, 5.74) is 0. The number of aliphatic hydroxyl groups excluding tert-OH is 1. The highest BCUT2D eigenvalue weighted by atomic mass is 32.1. The van der Waals surface area contributed by atoms with Crippen molar-refractivity contribution >= 4 is 11.3 Å². The number of rotatable bonds is 1. The molecule has 0 aliphatic carbocycles. The summed E-state index contributed by atoms with van der Waals surface area (Å²) < 4.78 is 10.6. The zero-order valence-corrected chi connectivity index (χ0v) is 6.63. The van der Waals surface area contributed by atoms with Gasteiger partial charge in [-0.1, -0.05) is 0 Å². The zero-order valence-electron chi connectivity index (χ0n) is 5.82. The zero-order chi connectivity index (χ0) is 7.68. The summed E-state index contributed by atoms with van der Waals surface area (Å²) in [5.74, 6) is 1.54. The Morgan fingerprint density at radius 3 is 3.18 bits per heavy atom. The van der Waals surface area contributed by atoms with Gasteiger partial charge < -0.3 is 14.6 Å². The lowest BCUT2D eigenvalue weighted by Gasteiger charge is -2.22. The molecule has 0 saturated carbocycles. The third kappa shape index (κ3) is 1.19. The van der Waals surface area contributed by atoms with E-state index in [9.17, 15) is 0 Å². The molecular formula is C7H8O3S. The van der Waals surface area contributed by atoms with E-state index in [1.807, 2.05) is 10.8 Å². The summed E-state index contributed by atoms with van der Waals surface area (Å²) in [6, 6.07) is 0. The minimum absolute atomic E-state index is 0.00921. The monoisotopic (exact) mass is 172 g/mol. The molecule has 0 unspecified atom stereocenters. The quantitative estimate of drug-likeness (QED) is 0.683. The van der Waals surface area contributed by atoms with Crippen LogP contribution in [0.4, 0.5) is 0 Å². The Bertz CT molecular complexity index is 246. The van der Waals surface area contributed by atoms with Crippen LogP contribution in [-0.2, 0) is 0 Å². The molecule has 0 bridgehead atoms. The highest BCUT2D eigenvalue weighted by Crippen LogP contribution is 2.34. The average Bonchev–Trinajstić information content (AvgIpc) is 2.50. The van der Waals surface area contributed by atoms with Gasteiger partial charge in [-0.2, -0.15) is 0 Å². The van der Waals surface area contributed by atoms with Gasteiger partial charge in [0, 0.05) is 10.8 Å². The second-order valence-corrected chi connectivity index (χ2v) is 3.08. The summed E-state index contributed by atoms with van der Waals surface area (Å²) in [5, 5.41) is 12.5. The van der Waals surface area contributed by atoms with Crippen molar-refractivity contribution in [3.63, 3.8) is 0 Å². The molecule has 2 rings (SSSR count). The Morgan fingerprint density at radius 1 is 1.55 bits per heavy atom. The first-order valence-corrected chi connectivity index (χ1v) is 4.31. The van der Waals surface area contributed by atoms with E-state index in [2.05, 4.69) is 0 Å². The van der Waals surface area contributed by atoms with Crippen LogP contribution in [0.25, 0.3) is 0 Å². The van der Waals surface area contributed by atoms with Crippen molar-refractivity contribution in [3.8, 4) is 11.5 Å². The van der Waals surface area contributed by atoms with Gasteiger partial charge in [0.2, 0.25) is 0 Å². The highest BCUT2D eigenvalue weighted by molar-refractivity contribution is 7.08. The average molecular weight is 172 g/mol. The van der Waals surface area contributed by atoms with Gasteiger partial charge in [-0.3, -0.25) is 0 Å². The Hall–Kier alpha value is -0.740. The van der Waals surface area contributed by atoms with Crippen LogP contribution in [0.3, 0.4) is 0 Å². The molecule has 0 aromatic carbocycles. The lowest BCUT2D eigenvalue weighted by molar-refractivity contribution is 0.0466. The molecule has 0 saturated heterocycles. The first-order valence-electron chi connectivity index (χ1n) is 3.36. The number of thiophene rings is 1. The topological polar surface area (TPSA) is 38.7 Å². The smallest absolute Gasteiger partial charge is 0.172 e. The molecule has 1 aliphatic heterocycles. The van der Waals surface area contributed by atoms with Gasteiger partial charge in [0.15, 0.2) is 17.6 Å². The molecular weight excluding hydrogens is 164 g/mol. The predicted octanol–water partition coefficient (Wildman–Crippen LogP) is 0.880. The summed E-state index contributed by atoms with van der Waals surface area (Å²) in [7, 11) is 0. The van der Waals surface area contributed by atoms with Gasteiger partial charge in [-0.15, -0.1) is 11.3 Å². The number of hydrogen-bond acceptors (Lipinski definition) is 4. The molecule has 1 aliphatic rings. The molecule has 1 aromatic rings. The molecule has 1 atom stereocenters. The highest BCUT2D eigenvalue weighted by Gasteiger charge is 2.20. The summed E-state index contributed by atoms with van der Waals surface area (Å²) in [6.45, 7) is 0.454. The van der Waals surface area contributed by atoms with E-state index in [4.69, 9.17) is 14.6 Å². The molecule has 1 aromatic heterocycles. The van der Waals surface area contributed by atoms with Gasteiger partial charge >= 0.3 is 0 Å². The fourth-order valence-electron chi connectivity index (χ4n) is 0.951. The molecule has 11 heavy (non-hydrogen) atoms. The van der Waals surface area contributed by atoms with Crippen LogP contribution in [0.2, 0.25) is 0 Å². The Morgan fingerprint density at radius 2 is 2.36 bits per heavy atom. The van der Waals surface area contributed by atoms with Crippen molar-refractivity contribution < 1.29 is 14.6 Å². The summed E-state index contributed by atoms with van der Waals surface area (Å²) in [4.78, 5) is 0. The van der Waals surface area contributed by atoms with E-state index in [0.717, 1.165) is 11.5 Å². The molecule has 0 radical (unpaired) electrons. The minimum atomic E-state index is -0.197. The van der Waals surface area contributed by atoms with Crippen molar-refractivity contribution in [2.75, 3.05) is 13.2 Å². The lowest BCUT2D eigenvalue weighted by atomic mass is 10.3. The van der Waals surface area contributed by atoms with E-state index in [1.165, 1.54) is 11.3 Å². The van der Waals surface area contributed by atoms with Gasteiger partial charge in [0.1, 0.15) is 6.61 Å². The van der Waals surface area contributed by atoms with Crippen LogP contribution < -0.4 is 9.47 Å². The van der Waals surface area contributed by atoms with E-state index >= 15 is 0 Å². The maximum Gasteiger partial charge on any atom is 0.172 e. The summed E-state index contributed by atoms with van der Waals surface area (Å²) >= 11 is 1.54. The van der Waals surface area contributed by atoms with Gasteiger partial charge in [0.05, 0.1) is 6.61 Å². The Kier molecular flexibility index (Phi) is 1.71. The summed E-state index contributed by atoms with van der Waals surface area (Å²) in [6.07, 6.45) is -0.197. The second-order valence-electron chi connectivity index (χ2n) is 2.33. The molecule has 3 nitrogen and oxygen atoms in total. The maximum atomic E-state index is 8.75. The maximum absolute atomic E-state index is 8.75. The second kappa shape index (κ2) is 2.71. The van der Waals surface area contributed by atoms with Crippen LogP contribution in [-0.4, -0.2) is 24.4 Å². The van der Waals surface area contributed by atoms with Crippen molar-refractivity contribution in [1.29, 1.82) is 0 Å². The van der Waals surface area contributed by atoms with Crippen molar-refractivity contribution in [3.05, 3.63) is 10.8 Å². The lowest BCUT2D eigenvalue weighted by Crippen LogP contribution is -2.31. The van der Waals surface area contributed by atoms with Gasteiger partial charge in [-0.25, -0.2) is 0 Å². The predicted molar refractivity (Wildman–Crippen MR) is 41.3 cm³/mol. The van der Waals surface area contributed by atoms with Crippen LogP contribution in [0.5, 0.6) is 11.5 Å². The van der Waals surface area contributed by atoms with Crippen LogP contribution in [0, 0.1) is 0 Å². The van der Waals surface area contributed by atoms with Crippen molar-refractivity contribution in [2.24, 2.45) is 0 Å². The van der Waals surface area contributed by atoms with Crippen LogP contribution >= 0.6 is 11.3 Å². The number of hydrogen-bond donors (Lipinski definition) is 1. The van der Waals surface area contributed by atoms with E-state index < -0.39 is 0 Å². The van der Waals surface area contributed by atoms with Gasteiger partial charge in [0.25, 0.3) is 0 Å². The van der Waals surface area contributed by atoms with E-state index in [-0.39, 0.29) is 12.7 Å². The van der Waals surface area contributed by atoms with Gasteiger partial charge in [-0.05, 0) is 0 Å². The van der Waals surface area contributed by atoms with Crippen molar-refractivity contribution in [1.82, 2.24) is 0 Å². The van der Waals surface area contributed by atoms with Crippen LogP contribution in [0.15, 0.2) is 10.8 Å². The largest absolute Gasteiger partial charge is 0.485 e. The number of fused-ring (bicyclic) bond motifs is 1. The molecule has 0 amide bonds.